The minimum Gasteiger partial charge on any atom is -0.338 e. The Bertz CT molecular complexity index is 1260. The van der Waals surface area contributed by atoms with Crippen LogP contribution in [0.1, 0.15) is 35.2 Å². The summed E-state index contributed by atoms with van der Waals surface area (Å²) in [5.74, 6) is -1.06. The average molecular weight is 479 g/mol. The summed E-state index contributed by atoms with van der Waals surface area (Å²) in [5.41, 5.74) is 4.01. The zero-order valence-corrected chi connectivity index (χ0v) is 19.2. The van der Waals surface area contributed by atoms with Gasteiger partial charge < -0.3 is 15.5 Å². The molecule has 0 radical (unpaired) electrons. The highest BCUT2D eigenvalue weighted by molar-refractivity contribution is 7.14. The number of carbonyl (C=O) groups is 3. The predicted octanol–water partition coefficient (Wildman–Crippen LogP) is 4.32. The number of benzene rings is 2. The SMILES string of the molecule is O=C1CCc2cc(-c3csc(NC(=O)[C@H]4CCCN(C(=O)c5ccc(F)cc5)C4)n3)ccc2N1. The van der Waals surface area contributed by atoms with E-state index in [1.54, 1.807) is 4.90 Å². The molecule has 1 fully saturated rings. The van der Waals surface area contributed by atoms with E-state index in [0.717, 1.165) is 28.9 Å². The van der Waals surface area contributed by atoms with Crippen LogP contribution in [0.25, 0.3) is 11.3 Å². The lowest BCUT2D eigenvalue weighted by molar-refractivity contribution is -0.121. The fraction of sp³-hybridized carbons (Fsp3) is 0.280. The van der Waals surface area contributed by atoms with Crippen molar-refractivity contribution in [3.05, 3.63) is 64.8 Å². The predicted molar refractivity (Wildman–Crippen MR) is 128 cm³/mol. The summed E-state index contributed by atoms with van der Waals surface area (Å²) in [6.45, 7) is 0.886. The first-order chi connectivity index (χ1) is 16.5. The Morgan fingerprint density at radius 1 is 1.15 bits per heavy atom. The third-order valence-electron chi connectivity index (χ3n) is 6.20. The number of aryl methyl sites for hydroxylation is 1. The van der Waals surface area contributed by atoms with Gasteiger partial charge in [-0.3, -0.25) is 14.4 Å². The van der Waals surface area contributed by atoms with Crippen LogP contribution in [0.3, 0.4) is 0 Å². The second-order valence-corrected chi connectivity index (χ2v) is 9.40. The number of nitrogens with zero attached hydrogens (tertiary/aromatic N) is 2. The van der Waals surface area contributed by atoms with Gasteiger partial charge in [-0.15, -0.1) is 11.3 Å². The molecule has 2 N–H and O–H groups in total. The van der Waals surface area contributed by atoms with Crippen molar-refractivity contribution in [2.75, 3.05) is 23.7 Å². The first kappa shape index (κ1) is 22.2. The van der Waals surface area contributed by atoms with Crippen LogP contribution in [-0.4, -0.2) is 40.7 Å². The molecule has 1 aromatic heterocycles. The molecule has 7 nitrogen and oxygen atoms in total. The third kappa shape index (κ3) is 4.70. The summed E-state index contributed by atoms with van der Waals surface area (Å²) >= 11 is 1.35. The number of fused-ring (bicyclic) bond motifs is 1. The number of amides is 3. The summed E-state index contributed by atoms with van der Waals surface area (Å²) in [5, 5.41) is 8.17. The molecule has 2 aliphatic rings. The molecule has 2 aliphatic heterocycles. The van der Waals surface area contributed by atoms with Gasteiger partial charge in [0.1, 0.15) is 5.82 Å². The highest BCUT2D eigenvalue weighted by atomic mass is 32.1. The Morgan fingerprint density at radius 3 is 2.79 bits per heavy atom. The number of halogens is 1. The topological polar surface area (TPSA) is 91.4 Å². The van der Waals surface area contributed by atoms with E-state index in [1.165, 1.54) is 35.6 Å². The van der Waals surface area contributed by atoms with E-state index in [4.69, 9.17) is 0 Å². The van der Waals surface area contributed by atoms with Crippen molar-refractivity contribution in [1.82, 2.24) is 9.88 Å². The van der Waals surface area contributed by atoms with Gasteiger partial charge in [-0.05, 0) is 61.2 Å². The maximum Gasteiger partial charge on any atom is 0.253 e. The van der Waals surface area contributed by atoms with Gasteiger partial charge in [0, 0.05) is 41.7 Å². The summed E-state index contributed by atoms with van der Waals surface area (Å²) in [6.07, 6.45) is 2.57. The van der Waals surface area contributed by atoms with Crippen LogP contribution in [0.4, 0.5) is 15.2 Å². The second-order valence-electron chi connectivity index (χ2n) is 8.54. The molecule has 34 heavy (non-hydrogen) atoms. The number of rotatable bonds is 4. The van der Waals surface area contributed by atoms with Crippen molar-refractivity contribution in [1.29, 1.82) is 0 Å². The number of nitrogens with one attached hydrogen (secondary N) is 2. The number of likely N-dealkylation sites (tertiary alicyclic amines) is 1. The van der Waals surface area contributed by atoms with E-state index in [2.05, 4.69) is 15.6 Å². The van der Waals surface area contributed by atoms with Gasteiger partial charge >= 0.3 is 0 Å². The quantitative estimate of drug-likeness (QED) is 0.584. The number of carbonyl (C=O) groups excluding carboxylic acids is 3. The second kappa shape index (κ2) is 9.34. The van der Waals surface area contributed by atoms with Crippen LogP contribution in [0.2, 0.25) is 0 Å². The molecular formula is C25H23FN4O3S. The number of hydrogen-bond acceptors (Lipinski definition) is 5. The number of anilines is 2. The van der Waals surface area contributed by atoms with E-state index < -0.39 is 5.82 Å². The molecule has 3 heterocycles. The van der Waals surface area contributed by atoms with Crippen molar-refractivity contribution in [2.24, 2.45) is 5.92 Å². The maximum atomic E-state index is 13.2. The largest absolute Gasteiger partial charge is 0.338 e. The van der Waals surface area contributed by atoms with Crippen molar-refractivity contribution < 1.29 is 18.8 Å². The van der Waals surface area contributed by atoms with E-state index in [9.17, 15) is 18.8 Å². The van der Waals surface area contributed by atoms with Gasteiger partial charge in [-0.2, -0.15) is 0 Å². The summed E-state index contributed by atoms with van der Waals surface area (Å²) in [7, 11) is 0. The van der Waals surface area contributed by atoms with Crippen LogP contribution in [-0.2, 0) is 16.0 Å². The molecule has 9 heteroatoms. The zero-order valence-electron chi connectivity index (χ0n) is 18.3. The summed E-state index contributed by atoms with van der Waals surface area (Å²) in [6, 6.07) is 11.3. The van der Waals surface area contributed by atoms with Crippen molar-refractivity contribution in [3.8, 4) is 11.3 Å². The van der Waals surface area contributed by atoms with Crippen LogP contribution < -0.4 is 10.6 Å². The van der Waals surface area contributed by atoms with Crippen LogP contribution in [0.15, 0.2) is 47.8 Å². The lowest BCUT2D eigenvalue weighted by Gasteiger charge is -2.32. The molecular weight excluding hydrogens is 455 g/mol. The first-order valence-electron chi connectivity index (χ1n) is 11.2. The average Bonchev–Trinajstić information content (AvgIpc) is 3.32. The van der Waals surface area contributed by atoms with E-state index in [0.29, 0.717) is 43.0 Å². The van der Waals surface area contributed by atoms with Gasteiger partial charge in [0.25, 0.3) is 5.91 Å². The van der Waals surface area contributed by atoms with Crippen LogP contribution in [0, 0.1) is 11.7 Å². The molecule has 1 atom stereocenters. The van der Waals surface area contributed by atoms with Gasteiger partial charge in [0.05, 0.1) is 11.6 Å². The molecule has 5 rings (SSSR count). The monoisotopic (exact) mass is 478 g/mol. The minimum atomic E-state index is -0.391. The Morgan fingerprint density at radius 2 is 1.97 bits per heavy atom. The van der Waals surface area contributed by atoms with Gasteiger partial charge in [-0.25, -0.2) is 9.37 Å². The highest BCUT2D eigenvalue weighted by Gasteiger charge is 2.29. The van der Waals surface area contributed by atoms with Crippen molar-refractivity contribution in [3.63, 3.8) is 0 Å². The lowest BCUT2D eigenvalue weighted by Crippen LogP contribution is -2.43. The summed E-state index contributed by atoms with van der Waals surface area (Å²) < 4.78 is 13.2. The standard InChI is InChI=1S/C25H23FN4O3S/c26-19-7-3-15(4-8-19)24(33)30-11-1-2-18(13-30)23(32)29-25-28-21(14-34-25)17-5-9-20-16(12-17)6-10-22(31)27-20/h3-5,7-9,12,14,18H,1-2,6,10-11,13H2,(H,27,31)(H,28,29,32)/t18-/m0/s1. The highest BCUT2D eigenvalue weighted by Crippen LogP contribution is 2.31. The Balaban J connectivity index is 1.23. The molecule has 1 saturated heterocycles. The number of hydrogen-bond donors (Lipinski definition) is 2. The molecule has 0 unspecified atom stereocenters. The molecule has 2 aromatic carbocycles. The van der Waals surface area contributed by atoms with Crippen LogP contribution in [0.5, 0.6) is 0 Å². The molecule has 0 spiro atoms. The summed E-state index contributed by atoms with van der Waals surface area (Å²) in [4.78, 5) is 43.5. The number of piperidine rings is 1. The van der Waals surface area contributed by atoms with E-state index >= 15 is 0 Å². The minimum absolute atomic E-state index is 0.0274. The lowest BCUT2D eigenvalue weighted by atomic mass is 9.96. The number of aromatic nitrogens is 1. The first-order valence-corrected chi connectivity index (χ1v) is 12.1. The Kier molecular flexibility index (Phi) is 6.10. The third-order valence-corrected chi connectivity index (χ3v) is 6.96. The fourth-order valence-corrected chi connectivity index (χ4v) is 5.09. The Labute approximate surface area is 200 Å². The normalized spacial score (nSPS) is 17.6. The van der Waals surface area contributed by atoms with E-state index in [1.807, 2.05) is 23.6 Å². The molecule has 3 amide bonds. The molecule has 0 saturated carbocycles. The van der Waals surface area contributed by atoms with E-state index in [-0.39, 0.29) is 23.6 Å². The molecule has 0 aliphatic carbocycles. The molecule has 174 valence electrons. The Hall–Kier alpha value is -3.59. The van der Waals surface area contributed by atoms with Crippen molar-refractivity contribution >= 4 is 39.9 Å². The van der Waals surface area contributed by atoms with Crippen LogP contribution >= 0.6 is 11.3 Å². The smallest absolute Gasteiger partial charge is 0.253 e. The molecule has 0 bridgehead atoms. The van der Waals surface area contributed by atoms with Crippen molar-refractivity contribution in [2.45, 2.75) is 25.7 Å². The van der Waals surface area contributed by atoms with Gasteiger partial charge in [0.15, 0.2) is 5.13 Å². The van der Waals surface area contributed by atoms with Gasteiger partial charge in [-0.1, -0.05) is 6.07 Å². The fourth-order valence-electron chi connectivity index (χ4n) is 4.36. The molecule has 3 aromatic rings. The van der Waals surface area contributed by atoms with Gasteiger partial charge in [0.2, 0.25) is 11.8 Å². The number of thiazole rings is 1. The maximum absolute atomic E-state index is 13.2. The zero-order chi connectivity index (χ0) is 23.7.